The monoisotopic (exact) mass is 348 g/mol. The van der Waals surface area contributed by atoms with Gasteiger partial charge < -0.3 is 20.8 Å². The van der Waals surface area contributed by atoms with Crippen LogP contribution in [0, 0.1) is 0 Å². The Kier molecular flexibility index (Phi) is 3.89. The lowest BCUT2D eigenvalue weighted by Crippen LogP contribution is -2.23. The first-order valence-corrected chi connectivity index (χ1v) is 8.19. The summed E-state index contributed by atoms with van der Waals surface area (Å²) in [5.41, 5.74) is 3.13. The second-order valence-corrected chi connectivity index (χ2v) is 6.01. The highest BCUT2D eigenvalue weighted by Crippen LogP contribution is 2.27. The molecule has 0 aliphatic carbocycles. The Labute approximate surface area is 148 Å². The molecule has 2 aromatic carbocycles. The van der Waals surface area contributed by atoms with Crippen LogP contribution in [-0.2, 0) is 0 Å². The van der Waals surface area contributed by atoms with Crippen LogP contribution in [0.4, 0.5) is 5.69 Å². The van der Waals surface area contributed by atoms with Crippen molar-refractivity contribution in [3.05, 3.63) is 65.4 Å². The molecule has 1 aliphatic heterocycles. The molecule has 0 spiro atoms. The maximum atomic E-state index is 12.6. The van der Waals surface area contributed by atoms with E-state index in [2.05, 4.69) is 20.8 Å². The zero-order valence-electron chi connectivity index (χ0n) is 13.7. The number of benzene rings is 2. The van der Waals surface area contributed by atoms with Gasteiger partial charge in [-0.3, -0.25) is 9.59 Å². The van der Waals surface area contributed by atoms with Gasteiger partial charge in [-0.15, -0.1) is 0 Å². The van der Waals surface area contributed by atoms with E-state index in [9.17, 15) is 14.8 Å². The summed E-state index contributed by atoms with van der Waals surface area (Å²) in [6.07, 6.45) is 0.405. The van der Waals surface area contributed by atoms with Crippen molar-refractivity contribution in [1.82, 2.24) is 10.3 Å². The molecule has 0 atom stereocenters. The van der Waals surface area contributed by atoms with Crippen LogP contribution in [0.1, 0.15) is 32.8 Å². The van der Waals surface area contributed by atoms with Crippen molar-refractivity contribution >= 4 is 34.1 Å². The van der Waals surface area contributed by atoms with Crippen LogP contribution in [0.5, 0.6) is 0 Å². The van der Waals surface area contributed by atoms with E-state index >= 15 is 0 Å². The first-order chi connectivity index (χ1) is 12.7. The second-order valence-electron chi connectivity index (χ2n) is 6.01. The summed E-state index contributed by atoms with van der Waals surface area (Å²) in [5.74, 6) is -0.515. The second kappa shape index (κ2) is 6.36. The van der Waals surface area contributed by atoms with Gasteiger partial charge in [0.05, 0.1) is 5.71 Å². The number of oxime groups is 1. The van der Waals surface area contributed by atoms with Crippen LogP contribution in [0.15, 0.2) is 53.7 Å². The Morgan fingerprint density at radius 1 is 1.15 bits per heavy atom. The molecule has 2 heterocycles. The predicted octanol–water partition coefficient (Wildman–Crippen LogP) is 2.73. The van der Waals surface area contributed by atoms with Gasteiger partial charge >= 0.3 is 0 Å². The maximum Gasteiger partial charge on any atom is 0.268 e. The topological polar surface area (TPSA) is 107 Å². The molecule has 0 unspecified atom stereocenters. The van der Waals surface area contributed by atoms with E-state index in [4.69, 9.17) is 0 Å². The Balaban J connectivity index is 1.79. The van der Waals surface area contributed by atoms with Gasteiger partial charge in [0.25, 0.3) is 11.8 Å². The molecular weight excluding hydrogens is 332 g/mol. The molecule has 4 rings (SSSR count). The van der Waals surface area contributed by atoms with Gasteiger partial charge in [-0.25, -0.2) is 0 Å². The van der Waals surface area contributed by atoms with Crippen molar-refractivity contribution in [3.63, 3.8) is 0 Å². The number of carbonyl (C=O) groups is 2. The van der Waals surface area contributed by atoms with Crippen molar-refractivity contribution in [2.75, 3.05) is 11.9 Å². The van der Waals surface area contributed by atoms with Gasteiger partial charge in [0, 0.05) is 40.7 Å². The fourth-order valence-electron chi connectivity index (χ4n) is 3.14. The number of aromatic amines is 1. The number of hydrogen-bond acceptors (Lipinski definition) is 4. The number of carbonyl (C=O) groups excluding carboxylic acids is 2. The van der Waals surface area contributed by atoms with Crippen molar-refractivity contribution in [2.24, 2.45) is 5.16 Å². The first-order valence-electron chi connectivity index (χ1n) is 8.19. The Bertz CT molecular complexity index is 1040. The van der Waals surface area contributed by atoms with E-state index in [-0.39, 0.29) is 11.8 Å². The Morgan fingerprint density at radius 2 is 1.96 bits per heavy atom. The zero-order chi connectivity index (χ0) is 18.1. The number of anilines is 1. The molecular formula is C19H16N4O3. The number of H-pyrrole nitrogens is 1. The van der Waals surface area contributed by atoms with Crippen LogP contribution in [0.2, 0.25) is 0 Å². The Hall–Kier alpha value is -3.61. The highest BCUT2D eigenvalue weighted by molar-refractivity contribution is 6.20. The highest BCUT2D eigenvalue weighted by atomic mass is 16.4. The van der Waals surface area contributed by atoms with E-state index in [0.29, 0.717) is 52.1 Å². The zero-order valence-corrected chi connectivity index (χ0v) is 13.7. The first kappa shape index (κ1) is 15.9. The summed E-state index contributed by atoms with van der Waals surface area (Å²) in [7, 11) is 0. The molecule has 0 saturated heterocycles. The van der Waals surface area contributed by atoms with E-state index in [1.165, 1.54) is 0 Å². The highest BCUT2D eigenvalue weighted by Gasteiger charge is 2.25. The van der Waals surface area contributed by atoms with Crippen LogP contribution in [0.3, 0.4) is 0 Å². The summed E-state index contributed by atoms with van der Waals surface area (Å²) in [6.45, 7) is 0.385. The summed E-state index contributed by atoms with van der Waals surface area (Å²) in [4.78, 5) is 27.8. The van der Waals surface area contributed by atoms with E-state index in [0.717, 1.165) is 0 Å². The van der Waals surface area contributed by atoms with Crippen LogP contribution in [-0.4, -0.2) is 34.3 Å². The molecule has 4 N–H and O–H groups in total. The van der Waals surface area contributed by atoms with Gasteiger partial charge in [0.15, 0.2) is 0 Å². The number of nitrogens with one attached hydrogen (secondary N) is 3. The third-order valence-electron chi connectivity index (χ3n) is 4.38. The molecule has 7 heteroatoms. The van der Waals surface area contributed by atoms with Gasteiger partial charge in [-0.05, 0) is 30.3 Å². The van der Waals surface area contributed by atoms with E-state index in [1.807, 2.05) is 18.2 Å². The molecule has 0 fully saturated rings. The lowest BCUT2D eigenvalue weighted by Gasteiger charge is -2.06. The van der Waals surface area contributed by atoms with Crippen molar-refractivity contribution < 1.29 is 14.8 Å². The fraction of sp³-hybridized carbons (Fsp3) is 0.105. The maximum absolute atomic E-state index is 12.6. The molecule has 7 nitrogen and oxygen atoms in total. The SMILES string of the molecule is O=C(Nc1ccccc1)c1ccc2[nH]c3c(c2c1)C(=NO)CCNC3=O. The predicted molar refractivity (Wildman–Crippen MR) is 98.0 cm³/mol. The number of rotatable bonds is 2. The molecule has 3 aromatic rings. The Morgan fingerprint density at radius 3 is 2.73 bits per heavy atom. The lowest BCUT2D eigenvalue weighted by molar-refractivity contribution is 0.0951. The van der Waals surface area contributed by atoms with Crippen LogP contribution in [0.25, 0.3) is 10.9 Å². The standard InChI is InChI=1S/C19H16N4O3/c24-18(21-12-4-2-1-3-5-12)11-6-7-14-13(10-11)16-15(23-26)8-9-20-19(25)17(16)22-14/h1-7,10,22,26H,8-9H2,(H,20,25)(H,21,24). The molecule has 0 bridgehead atoms. The van der Waals surface area contributed by atoms with Crippen molar-refractivity contribution in [2.45, 2.75) is 6.42 Å². The molecule has 0 saturated carbocycles. The van der Waals surface area contributed by atoms with E-state index < -0.39 is 0 Å². The lowest BCUT2D eigenvalue weighted by atomic mass is 10.0. The fourth-order valence-corrected chi connectivity index (χ4v) is 3.14. The third kappa shape index (κ3) is 2.69. The minimum absolute atomic E-state index is 0.256. The molecule has 1 aromatic heterocycles. The number of fused-ring (bicyclic) bond motifs is 3. The van der Waals surface area contributed by atoms with Gasteiger partial charge in [0.1, 0.15) is 5.69 Å². The minimum Gasteiger partial charge on any atom is -0.411 e. The quantitative estimate of drug-likeness (QED) is 0.422. The summed E-state index contributed by atoms with van der Waals surface area (Å²) >= 11 is 0. The molecule has 0 radical (unpaired) electrons. The summed E-state index contributed by atoms with van der Waals surface area (Å²) in [5, 5.41) is 19.0. The van der Waals surface area contributed by atoms with Crippen LogP contribution >= 0.6 is 0 Å². The minimum atomic E-state index is -0.259. The molecule has 1 aliphatic rings. The molecule has 130 valence electrons. The molecule has 2 amide bonds. The number of amides is 2. The van der Waals surface area contributed by atoms with Gasteiger partial charge in [-0.2, -0.15) is 0 Å². The summed E-state index contributed by atoms with van der Waals surface area (Å²) in [6, 6.07) is 14.3. The molecule has 26 heavy (non-hydrogen) atoms. The smallest absolute Gasteiger partial charge is 0.268 e. The van der Waals surface area contributed by atoms with Crippen molar-refractivity contribution in [1.29, 1.82) is 0 Å². The van der Waals surface area contributed by atoms with Crippen molar-refractivity contribution in [3.8, 4) is 0 Å². The van der Waals surface area contributed by atoms with E-state index in [1.54, 1.807) is 30.3 Å². The average Bonchev–Trinajstić information content (AvgIpc) is 2.97. The normalized spacial score (nSPS) is 15.4. The number of nitrogens with zero attached hydrogens (tertiary/aromatic N) is 1. The number of aromatic nitrogens is 1. The van der Waals surface area contributed by atoms with Crippen LogP contribution < -0.4 is 10.6 Å². The van der Waals surface area contributed by atoms with Gasteiger partial charge in [-0.1, -0.05) is 23.4 Å². The summed E-state index contributed by atoms with van der Waals surface area (Å²) < 4.78 is 0. The third-order valence-corrected chi connectivity index (χ3v) is 4.38. The largest absolute Gasteiger partial charge is 0.411 e. The van der Waals surface area contributed by atoms with Gasteiger partial charge in [0.2, 0.25) is 0 Å². The average molecular weight is 348 g/mol. The number of hydrogen-bond donors (Lipinski definition) is 4. The number of para-hydroxylation sites is 1.